The summed E-state index contributed by atoms with van der Waals surface area (Å²) in [6.45, 7) is 4.64. The third-order valence-electron chi connectivity index (χ3n) is 5.29. The summed E-state index contributed by atoms with van der Waals surface area (Å²) >= 11 is 0. The molecule has 0 aliphatic carbocycles. The molecule has 1 saturated heterocycles. The van der Waals surface area contributed by atoms with Gasteiger partial charge >= 0.3 is 0 Å². The minimum atomic E-state index is -1.29. The standard InChI is InChI=1S/C19H26N6O/c1-2-3-13-25-15-10-6-5-9-14(15)19(16(25)26)22-17(20)21-18(23-19)24-11-7-4-8-12-24/h5-6,9-10H,2-4,7-8,11-13H2,1H3,(H3,20,21,22,23). The topological polar surface area (TPSA) is 86.3 Å². The van der Waals surface area contributed by atoms with Crippen molar-refractivity contribution in [2.75, 3.05) is 24.5 Å². The SMILES string of the molecule is CCCCN1C(=O)C2(N=C(N)NC(N3CCCCC3)=N2)c2ccccc21. The normalized spacial score (nSPS) is 25.0. The number of guanidine groups is 2. The highest BCUT2D eigenvalue weighted by atomic mass is 16.2. The molecule has 7 nitrogen and oxygen atoms in total. The van der Waals surface area contributed by atoms with Crippen LogP contribution in [0, 0.1) is 0 Å². The Morgan fingerprint density at radius 1 is 1.19 bits per heavy atom. The second kappa shape index (κ2) is 6.63. The molecule has 1 unspecified atom stereocenters. The van der Waals surface area contributed by atoms with Crippen molar-refractivity contribution in [1.29, 1.82) is 0 Å². The van der Waals surface area contributed by atoms with E-state index in [-0.39, 0.29) is 11.9 Å². The van der Waals surface area contributed by atoms with Gasteiger partial charge in [-0.3, -0.25) is 10.1 Å². The van der Waals surface area contributed by atoms with Gasteiger partial charge in [-0.05, 0) is 31.7 Å². The van der Waals surface area contributed by atoms with E-state index in [1.807, 2.05) is 29.2 Å². The van der Waals surface area contributed by atoms with Crippen LogP contribution in [-0.4, -0.2) is 42.4 Å². The number of hydrogen-bond acceptors (Lipinski definition) is 6. The number of nitrogens with two attached hydrogens (primary N) is 1. The lowest BCUT2D eigenvalue weighted by atomic mass is 10.0. The molecule has 3 heterocycles. The number of anilines is 1. The number of rotatable bonds is 3. The molecule has 0 saturated carbocycles. The first kappa shape index (κ1) is 16.9. The van der Waals surface area contributed by atoms with E-state index in [0.717, 1.165) is 50.0 Å². The number of carbonyl (C=O) groups excluding carboxylic acids is 1. The maximum Gasteiger partial charge on any atom is 0.282 e. The number of amides is 1. The Labute approximate surface area is 154 Å². The van der Waals surface area contributed by atoms with Crippen molar-refractivity contribution in [3.63, 3.8) is 0 Å². The van der Waals surface area contributed by atoms with Crippen molar-refractivity contribution >= 4 is 23.5 Å². The van der Waals surface area contributed by atoms with Crippen molar-refractivity contribution in [1.82, 2.24) is 10.2 Å². The molecule has 3 aliphatic heterocycles. The van der Waals surface area contributed by atoms with Crippen LogP contribution in [0.15, 0.2) is 34.3 Å². The Kier molecular flexibility index (Phi) is 4.30. The van der Waals surface area contributed by atoms with Gasteiger partial charge in [0.2, 0.25) is 5.96 Å². The molecule has 4 rings (SSSR count). The van der Waals surface area contributed by atoms with Gasteiger partial charge in [0.25, 0.3) is 11.6 Å². The quantitative estimate of drug-likeness (QED) is 0.866. The van der Waals surface area contributed by atoms with E-state index < -0.39 is 5.66 Å². The van der Waals surface area contributed by atoms with Gasteiger partial charge in [0.05, 0.1) is 5.69 Å². The first-order valence-corrected chi connectivity index (χ1v) is 9.54. The van der Waals surface area contributed by atoms with Crippen LogP contribution in [0.4, 0.5) is 5.69 Å². The number of carbonyl (C=O) groups is 1. The lowest BCUT2D eigenvalue weighted by Crippen LogP contribution is -2.55. The minimum Gasteiger partial charge on any atom is -0.370 e. The summed E-state index contributed by atoms with van der Waals surface area (Å²) in [7, 11) is 0. The number of aliphatic imine (C=N–C) groups is 2. The zero-order valence-electron chi connectivity index (χ0n) is 15.2. The van der Waals surface area contributed by atoms with E-state index >= 15 is 0 Å². The molecule has 1 aromatic carbocycles. The summed E-state index contributed by atoms with van der Waals surface area (Å²) in [5.74, 6) is 0.810. The third-order valence-corrected chi connectivity index (χ3v) is 5.29. The number of fused-ring (bicyclic) bond motifs is 2. The Balaban J connectivity index is 1.78. The average Bonchev–Trinajstić information content (AvgIpc) is 2.89. The molecule has 138 valence electrons. The number of piperidine rings is 1. The summed E-state index contributed by atoms with van der Waals surface area (Å²) in [5, 5.41) is 3.08. The molecule has 26 heavy (non-hydrogen) atoms. The Morgan fingerprint density at radius 2 is 1.96 bits per heavy atom. The Morgan fingerprint density at radius 3 is 2.73 bits per heavy atom. The predicted octanol–water partition coefficient (Wildman–Crippen LogP) is 1.75. The van der Waals surface area contributed by atoms with Crippen LogP contribution in [0.1, 0.15) is 44.6 Å². The highest BCUT2D eigenvalue weighted by Gasteiger charge is 2.53. The predicted molar refractivity (Wildman–Crippen MR) is 103 cm³/mol. The largest absolute Gasteiger partial charge is 0.370 e. The monoisotopic (exact) mass is 354 g/mol. The molecular weight excluding hydrogens is 328 g/mol. The summed E-state index contributed by atoms with van der Waals surface area (Å²) in [5.41, 5.74) is 6.54. The summed E-state index contributed by atoms with van der Waals surface area (Å²) in [4.78, 5) is 26.8. The van der Waals surface area contributed by atoms with Crippen LogP contribution < -0.4 is 16.0 Å². The highest BCUT2D eigenvalue weighted by Crippen LogP contribution is 2.45. The third kappa shape index (κ3) is 2.62. The number of nitrogens with zero attached hydrogens (tertiary/aromatic N) is 4. The average molecular weight is 354 g/mol. The molecule has 1 amide bonds. The fraction of sp³-hybridized carbons (Fsp3) is 0.526. The van der Waals surface area contributed by atoms with Gasteiger partial charge in [-0.2, -0.15) is 0 Å². The van der Waals surface area contributed by atoms with Crippen molar-refractivity contribution < 1.29 is 4.79 Å². The highest BCUT2D eigenvalue weighted by molar-refractivity contribution is 6.12. The van der Waals surface area contributed by atoms with Crippen molar-refractivity contribution in [3.05, 3.63) is 29.8 Å². The summed E-state index contributed by atoms with van der Waals surface area (Å²) in [6.07, 6.45) is 5.44. The number of likely N-dealkylation sites (tertiary alicyclic amines) is 1. The van der Waals surface area contributed by atoms with E-state index in [1.165, 1.54) is 6.42 Å². The molecule has 1 spiro atoms. The molecule has 1 fully saturated rings. The van der Waals surface area contributed by atoms with Crippen molar-refractivity contribution in [3.8, 4) is 0 Å². The number of para-hydroxylation sites is 1. The van der Waals surface area contributed by atoms with E-state index in [2.05, 4.69) is 22.1 Å². The molecular formula is C19H26N6O. The van der Waals surface area contributed by atoms with Gasteiger partial charge in [-0.1, -0.05) is 31.5 Å². The maximum absolute atomic E-state index is 13.4. The van der Waals surface area contributed by atoms with E-state index in [9.17, 15) is 4.79 Å². The number of hydrogen-bond donors (Lipinski definition) is 2. The zero-order chi connectivity index (χ0) is 18.1. The van der Waals surface area contributed by atoms with Gasteiger partial charge in [0, 0.05) is 25.2 Å². The van der Waals surface area contributed by atoms with Crippen LogP contribution >= 0.6 is 0 Å². The van der Waals surface area contributed by atoms with Crippen LogP contribution in [-0.2, 0) is 10.5 Å². The van der Waals surface area contributed by atoms with Crippen molar-refractivity contribution in [2.24, 2.45) is 15.7 Å². The van der Waals surface area contributed by atoms with Gasteiger partial charge in [0.15, 0.2) is 5.96 Å². The molecule has 3 aliphatic rings. The van der Waals surface area contributed by atoms with Crippen LogP contribution in [0.2, 0.25) is 0 Å². The lowest BCUT2D eigenvalue weighted by molar-refractivity contribution is -0.122. The van der Waals surface area contributed by atoms with Gasteiger partial charge in [-0.15, -0.1) is 0 Å². The second-order valence-corrected chi connectivity index (χ2v) is 7.10. The van der Waals surface area contributed by atoms with Crippen LogP contribution in [0.3, 0.4) is 0 Å². The minimum absolute atomic E-state index is 0.105. The number of unbranched alkanes of at least 4 members (excludes halogenated alkanes) is 1. The molecule has 1 atom stereocenters. The van der Waals surface area contributed by atoms with E-state index in [0.29, 0.717) is 12.5 Å². The second-order valence-electron chi connectivity index (χ2n) is 7.10. The first-order valence-electron chi connectivity index (χ1n) is 9.54. The van der Waals surface area contributed by atoms with E-state index in [1.54, 1.807) is 0 Å². The van der Waals surface area contributed by atoms with Gasteiger partial charge in [-0.25, -0.2) is 9.98 Å². The maximum atomic E-state index is 13.4. The van der Waals surface area contributed by atoms with Crippen LogP contribution in [0.5, 0.6) is 0 Å². The van der Waals surface area contributed by atoms with Gasteiger partial charge in [0.1, 0.15) is 0 Å². The molecule has 7 heteroatoms. The summed E-state index contributed by atoms with van der Waals surface area (Å²) < 4.78 is 0. The fourth-order valence-electron chi connectivity index (χ4n) is 3.95. The smallest absolute Gasteiger partial charge is 0.282 e. The molecule has 0 radical (unpaired) electrons. The molecule has 0 bridgehead atoms. The Hall–Kier alpha value is -2.57. The van der Waals surface area contributed by atoms with E-state index in [4.69, 9.17) is 10.7 Å². The molecule has 1 aromatic rings. The number of benzene rings is 1. The molecule has 0 aromatic heterocycles. The number of nitrogens with one attached hydrogen (secondary N) is 1. The zero-order valence-corrected chi connectivity index (χ0v) is 15.2. The Bertz CT molecular complexity index is 767. The lowest BCUT2D eigenvalue weighted by Gasteiger charge is -2.34. The molecule has 3 N–H and O–H groups in total. The first-order chi connectivity index (χ1) is 12.7. The van der Waals surface area contributed by atoms with Crippen molar-refractivity contribution in [2.45, 2.75) is 44.7 Å². The fourth-order valence-corrected chi connectivity index (χ4v) is 3.95. The summed E-state index contributed by atoms with van der Waals surface area (Å²) in [6, 6.07) is 7.80. The van der Waals surface area contributed by atoms with Gasteiger partial charge < -0.3 is 15.5 Å². The van der Waals surface area contributed by atoms with Crippen LogP contribution in [0.25, 0.3) is 0 Å².